The number of thioether (sulfide) groups is 1. The lowest BCUT2D eigenvalue weighted by molar-refractivity contribution is -0.113. The number of rotatable bonds is 7. The van der Waals surface area contributed by atoms with Crippen molar-refractivity contribution in [3.8, 4) is 0 Å². The summed E-state index contributed by atoms with van der Waals surface area (Å²) in [5.74, 6) is 0.311. The Morgan fingerprint density at radius 3 is 2.82 bits per heavy atom. The van der Waals surface area contributed by atoms with Crippen LogP contribution in [0.2, 0.25) is 0 Å². The van der Waals surface area contributed by atoms with Crippen molar-refractivity contribution in [2.45, 2.75) is 50.7 Å². The number of carbonyl (C=O) groups is 1. The molecule has 4 aromatic rings. The molecule has 5 rings (SSSR count). The van der Waals surface area contributed by atoms with Crippen LogP contribution >= 0.6 is 23.1 Å². The number of aryl methyl sites for hydroxylation is 2. The number of anilines is 1. The predicted octanol–water partition coefficient (Wildman–Crippen LogP) is 4.23. The van der Waals surface area contributed by atoms with Crippen molar-refractivity contribution in [2.24, 2.45) is 0 Å². The summed E-state index contributed by atoms with van der Waals surface area (Å²) in [5.41, 5.74) is 2.12. The van der Waals surface area contributed by atoms with Crippen LogP contribution < -0.4 is 10.9 Å². The maximum absolute atomic E-state index is 13.6. The third-order valence-corrected chi connectivity index (χ3v) is 7.65. The zero-order valence-electron chi connectivity index (χ0n) is 18.3. The highest BCUT2D eigenvalue weighted by atomic mass is 32.2. The number of fused-ring (bicyclic) bond motifs is 3. The molecule has 10 heteroatoms. The van der Waals surface area contributed by atoms with E-state index in [4.69, 9.17) is 9.40 Å². The van der Waals surface area contributed by atoms with Crippen molar-refractivity contribution in [1.29, 1.82) is 0 Å². The van der Waals surface area contributed by atoms with Crippen LogP contribution in [0.15, 0.2) is 44.7 Å². The van der Waals surface area contributed by atoms with Gasteiger partial charge in [-0.05, 0) is 30.4 Å². The molecule has 0 aliphatic heterocycles. The van der Waals surface area contributed by atoms with Gasteiger partial charge in [0.2, 0.25) is 11.8 Å². The molecule has 0 atom stereocenters. The summed E-state index contributed by atoms with van der Waals surface area (Å²) in [6.07, 6.45) is 3.01. The summed E-state index contributed by atoms with van der Waals surface area (Å²) >= 11 is 2.83. The average molecular weight is 482 g/mol. The molecule has 1 aromatic carbocycles. The van der Waals surface area contributed by atoms with Gasteiger partial charge in [-0.25, -0.2) is 4.98 Å². The van der Waals surface area contributed by atoms with Gasteiger partial charge in [0.25, 0.3) is 5.56 Å². The van der Waals surface area contributed by atoms with Crippen LogP contribution in [0.1, 0.15) is 48.1 Å². The highest BCUT2D eigenvalue weighted by molar-refractivity contribution is 7.99. The second-order valence-corrected chi connectivity index (χ2v) is 10.3. The molecule has 0 saturated carbocycles. The maximum atomic E-state index is 13.6. The van der Waals surface area contributed by atoms with Crippen molar-refractivity contribution in [3.05, 3.63) is 62.6 Å². The predicted molar refractivity (Wildman–Crippen MR) is 129 cm³/mol. The molecule has 0 saturated heterocycles. The molecule has 1 amide bonds. The van der Waals surface area contributed by atoms with Crippen LogP contribution in [0.4, 0.5) is 6.01 Å². The van der Waals surface area contributed by atoms with Crippen molar-refractivity contribution in [1.82, 2.24) is 19.7 Å². The Kier molecular flexibility index (Phi) is 6.03. The molecule has 0 spiro atoms. The Balaban J connectivity index is 1.42. The van der Waals surface area contributed by atoms with Gasteiger partial charge in [-0.3, -0.25) is 19.5 Å². The first-order chi connectivity index (χ1) is 16.0. The van der Waals surface area contributed by atoms with Gasteiger partial charge in [-0.1, -0.05) is 61.0 Å². The number of benzene rings is 1. The number of hydrogen-bond donors (Lipinski definition) is 1. The Morgan fingerprint density at radius 1 is 1.24 bits per heavy atom. The summed E-state index contributed by atoms with van der Waals surface area (Å²) in [5, 5.41) is 11.7. The molecule has 8 nitrogen and oxygen atoms in total. The highest BCUT2D eigenvalue weighted by Gasteiger charge is 2.24. The Morgan fingerprint density at radius 2 is 2.06 bits per heavy atom. The number of nitrogens with one attached hydrogen (secondary N) is 1. The lowest BCUT2D eigenvalue weighted by Crippen LogP contribution is -2.25. The molecule has 0 bridgehead atoms. The van der Waals surface area contributed by atoms with Gasteiger partial charge in [0.1, 0.15) is 4.83 Å². The van der Waals surface area contributed by atoms with E-state index in [0.717, 1.165) is 40.6 Å². The van der Waals surface area contributed by atoms with E-state index in [9.17, 15) is 9.59 Å². The molecule has 1 aliphatic carbocycles. The maximum Gasteiger partial charge on any atom is 0.322 e. The van der Waals surface area contributed by atoms with Gasteiger partial charge in [0.05, 0.1) is 17.7 Å². The lowest BCUT2D eigenvalue weighted by Gasteiger charge is -2.12. The third-order valence-electron chi connectivity index (χ3n) is 5.49. The van der Waals surface area contributed by atoms with Crippen molar-refractivity contribution >= 4 is 45.2 Å². The number of thiophene rings is 1. The molecular formula is C23H23N5O3S2. The standard InChI is InChI=1S/C23H23N5O3S2/c1-13(2)19-26-27-22(31-19)24-17(29)12-32-23-25-20-18(15-9-6-10-16(15)33-20)21(30)28(23)11-14-7-4-3-5-8-14/h3-5,7-8,13H,6,9-12H2,1-2H3,(H,24,27,29). The molecule has 33 heavy (non-hydrogen) atoms. The van der Waals surface area contributed by atoms with Crippen LogP contribution in [0, 0.1) is 0 Å². The summed E-state index contributed by atoms with van der Waals surface area (Å²) < 4.78 is 7.13. The zero-order valence-corrected chi connectivity index (χ0v) is 20.0. The first-order valence-corrected chi connectivity index (χ1v) is 12.6. The fourth-order valence-corrected chi connectivity index (χ4v) is 5.98. The molecule has 3 heterocycles. The average Bonchev–Trinajstić information content (AvgIpc) is 3.51. The number of hydrogen-bond acceptors (Lipinski definition) is 8. The van der Waals surface area contributed by atoms with Gasteiger partial charge >= 0.3 is 6.01 Å². The zero-order chi connectivity index (χ0) is 22.9. The Hall–Kier alpha value is -2.98. The smallest absolute Gasteiger partial charge is 0.322 e. The molecule has 1 N–H and O–H groups in total. The topological polar surface area (TPSA) is 103 Å². The van der Waals surface area contributed by atoms with Gasteiger partial charge < -0.3 is 4.42 Å². The molecule has 170 valence electrons. The fraction of sp³-hybridized carbons (Fsp3) is 0.348. The van der Waals surface area contributed by atoms with E-state index in [1.807, 2.05) is 44.2 Å². The summed E-state index contributed by atoms with van der Waals surface area (Å²) in [7, 11) is 0. The second kappa shape index (κ2) is 9.11. The first kappa shape index (κ1) is 21.8. The molecule has 0 radical (unpaired) electrons. The first-order valence-electron chi connectivity index (χ1n) is 10.8. The molecule has 3 aromatic heterocycles. The van der Waals surface area contributed by atoms with E-state index >= 15 is 0 Å². The van der Waals surface area contributed by atoms with Gasteiger partial charge in [-0.15, -0.1) is 16.4 Å². The molecule has 0 fully saturated rings. The summed E-state index contributed by atoms with van der Waals surface area (Å²) in [6, 6.07) is 9.89. The number of carbonyl (C=O) groups excluding carboxylic acids is 1. The van der Waals surface area contributed by atoms with Crippen LogP contribution in [0.25, 0.3) is 10.2 Å². The van der Waals surface area contributed by atoms with E-state index in [2.05, 4.69) is 15.5 Å². The lowest BCUT2D eigenvalue weighted by atomic mass is 10.2. The van der Waals surface area contributed by atoms with E-state index in [0.29, 0.717) is 17.6 Å². The third kappa shape index (κ3) is 4.45. The summed E-state index contributed by atoms with van der Waals surface area (Å²) in [4.78, 5) is 32.9. The highest BCUT2D eigenvalue weighted by Crippen LogP contribution is 2.35. The van der Waals surface area contributed by atoms with Crippen molar-refractivity contribution < 1.29 is 9.21 Å². The van der Waals surface area contributed by atoms with Crippen LogP contribution in [-0.4, -0.2) is 31.4 Å². The van der Waals surface area contributed by atoms with Gasteiger partial charge in [-0.2, -0.15) is 0 Å². The largest absolute Gasteiger partial charge is 0.408 e. The van der Waals surface area contributed by atoms with Crippen molar-refractivity contribution in [3.63, 3.8) is 0 Å². The minimum atomic E-state index is -0.298. The number of amides is 1. The van der Waals surface area contributed by atoms with Crippen LogP contribution in [0.5, 0.6) is 0 Å². The van der Waals surface area contributed by atoms with Crippen LogP contribution in [-0.2, 0) is 24.2 Å². The van der Waals surface area contributed by atoms with Gasteiger partial charge in [0, 0.05) is 10.8 Å². The van der Waals surface area contributed by atoms with E-state index in [1.54, 1.807) is 15.9 Å². The van der Waals surface area contributed by atoms with Crippen LogP contribution in [0.3, 0.4) is 0 Å². The van der Waals surface area contributed by atoms with E-state index in [1.165, 1.54) is 16.6 Å². The minimum absolute atomic E-state index is 0.0374. The van der Waals surface area contributed by atoms with E-state index < -0.39 is 0 Å². The van der Waals surface area contributed by atoms with E-state index in [-0.39, 0.29) is 29.2 Å². The Labute approximate surface area is 198 Å². The fourth-order valence-electron chi connectivity index (χ4n) is 3.88. The summed E-state index contributed by atoms with van der Waals surface area (Å²) in [6.45, 7) is 4.27. The monoisotopic (exact) mass is 481 g/mol. The van der Waals surface area contributed by atoms with Crippen molar-refractivity contribution in [2.75, 3.05) is 11.1 Å². The Bertz CT molecular complexity index is 1370. The number of aromatic nitrogens is 4. The molecular weight excluding hydrogens is 458 g/mol. The SMILES string of the molecule is CC(C)c1nnc(NC(=O)CSc2nc3sc4c(c3c(=O)n2Cc2ccccc2)CCC4)o1. The number of nitrogens with zero attached hydrogens (tertiary/aromatic N) is 4. The van der Waals surface area contributed by atoms with Gasteiger partial charge in [0.15, 0.2) is 5.16 Å². The second-order valence-electron chi connectivity index (χ2n) is 8.25. The molecule has 1 aliphatic rings. The quantitative estimate of drug-likeness (QED) is 0.311. The normalized spacial score (nSPS) is 13.1. The minimum Gasteiger partial charge on any atom is -0.408 e. The molecule has 0 unspecified atom stereocenters.